The number of esters is 1. The Labute approximate surface area is 172 Å². The number of hydrogen-bond acceptors (Lipinski definition) is 6. The minimum atomic E-state index is -0.795. The highest BCUT2D eigenvalue weighted by Gasteiger charge is 2.30. The van der Waals surface area contributed by atoms with Crippen molar-refractivity contribution in [3.8, 4) is 23.0 Å². The number of rotatable bonds is 4. The Bertz CT molecular complexity index is 922. The number of hydrogen-bond donors (Lipinski definition) is 2. The third-order valence-corrected chi connectivity index (χ3v) is 5.64. The number of aliphatic hydroxyl groups is 1. The van der Waals surface area contributed by atoms with E-state index in [1.807, 2.05) is 20.8 Å². The molecule has 1 heterocycles. The zero-order chi connectivity index (χ0) is 20.6. The molecule has 3 rings (SSSR count). The van der Waals surface area contributed by atoms with Gasteiger partial charge in [-0.2, -0.15) is 0 Å². The number of cyclic esters (lactones) is 1. The van der Waals surface area contributed by atoms with E-state index in [1.54, 1.807) is 18.2 Å². The Morgan fingerprint density at radius 3 is 2.68 bits per heavy atom. The van der Waals surface area contributed by atoms with Gasteiger partial charge in [-0.05, 0) is 59.0 Å². The van der Waals surface area contributed by atoms with Crippen molar-refractivity contribution in [1.29, 1.82) is 0 Å². The number of aryl methyl sites for hydroxylation is 1. The highest BCUT2D eigenvalue weighted by atomic mass is 79.9. The summed E-state index contributed by atoms with van der Waals surface area (Å²) in [6, 6.07) is 5.04. The summed E-state index contributed by atoms with van der Waals surface area (Å²) in [5, 5.41) is 21.1. The van der Waals surface area contributed by atoms with E-state index in [9.17, 15) is 15.0 Å². The van der Waals surface area contributed by atoms with Crippen LogP contribution in [-0.2, 0) is 11.3 Å². The Morgan fingerprint density at radius 1 is 1.32 bits per heavy atom. The summed E-state index contributed by atoms with van der Waals surface area (Å²) in [4.78, 5) is 12.7. The van der Waals surface area contributed by atoms with E-state index in [4.69, 9.17) is 14.2 Å². The highest BCUT2D eigenvalue weighted by molar-refractivity contribution is 9.10. The second-order valence-corrected chi connectivity index (χ2v) is 8.02. The lowest BCUT2D eigenvalue weighted by molar-refractivity contribution is 0.0453. The van der Waals surface area contributed by atoms with Gasteiger partial charge in [0.15, 0.2) is 11.5 Å². The van der Waals surface area contributed by atoms with Gasteiger partial charge in [-0.3, -0.25) is 0 Å². The summed E-state index contributed by atoms with van der Waals surface area (Å²) in [7, 11) is 1.43. The SMILES string of the molecule is COc1c([C@@H](O)CC(C)C)ccc2c1C(=O)OCc1cc(C)c(Br)c(O)c1O2. The van der Waals surface area contributed by atoms with Crippen LogP contribution in [0.5, 0.6) is 23.0 Å². The number of carbonyl (C=O) groups excluding carboxylic acids is 1. The molecule has 2 N–H and O–H groups in total. The smallest absolute Gasteiger partial charge is 0.346 e. The molecule has 0 aromatic heterocycles. The Hall–Kier alpha value is -2.25. The molecule has 0 saturated carbocycles. The number of aliphatic hydroxyl groups excluding tert-OH is 1. The molecule has 2 aromatic rings. The largest absolute Gasteiger partial charge is 0.503 e. The molecule has 0 spiro atoms. The number of carbonyl (C=O) groups is 1. The molecule has 0 saturated heterocycles. The van der Waals surface area contributed by atoms with Crippen LogP contribution in [0.2, 0.25) is 0 Å². The van der Waals surface area contributed by atoms with Crippen LogP contribution in [0.4, 0.5) is 0 Å². The average Bonchev–Trinajstić information content (AvgIpc) is 2.64. The maximum absolute atomic E-state index is 12.7. The first-order chi connectivity index (χ1) is 13.2. The summed E-state index contributed by atoms with van der Waals surface area (Å²) in [5.41, 5.74) is 1.93. The van der Waals surface area contributed by atoms with Crippen molar-refractivity contribution in [2.75, 3.05) is 7.11 Å². The number of ether oxygens (including phenoxy) is 3. The number of aromatic hydroxyl groups is 1. The fraction of sp³-hybridized carbons (Fsp3) is 0.381. The molecule has 0 bridgehead atoms. The van der Waals surface area contributed by atoms with Crippen molar-refractivity contribution in [2.24, 2.45) is 5.92 Å². The van der Waals surface area contributed by atoms with Crippen molar-refractivity contribution in [2.45, 2.75) is 39.9 Å². The van der Waals surface area contributed by atoms with Crippen LogP contribution in [0, 0.1) is 12.8 Å². The fourth-order valence-corrected chi connectivity index (χ4v) is 3.58. The van der Waals surface area contributed by atoms with Gasteiger partial charge in [-0.1, -0.05) is 13.8 Å². The van der Waals surface area contributed by atoms with E-state index in [1.165, 1.54) is 7.11 Å². The highest BCUT2D eigenvalue weighted by Crippen LogP contribution is 2.46. The molecule has 1 atom stereocenters. The number of phenolic OH excluding ortho intramolecular Hbond substituents is 1. The summed E-state index contributed by atoms with van der Waals surface area (Å²) >= 11 is 3.34. The molecule has 2 aromatic carbocycles. The lowest BCUT2D eigenvalue weighted by Crippen LogP contribution is -2.15. The van der Waals surface area contributed by atoms with E-state index in [0.717, 1.165) is 5.56 Å². The Morgan fingerprint density at radius 2 is 2.04 bits per heavy atom. The number of phenols is 1. The third kappa shape index (κ3) is 3.69. The molecule has 0 radical (unpaired) electrons. The minimum absolute atomic E-state index is 0.0583. The Kier molecular flexibility index (Phi) is 5.86. The van der Waals surface area contributed by atoms with Crippen LogP contribution < -0.4 is 9.47 Å². The molecule has 1 aliphatic rings. The first kappa shape index (κ1) is 20.5. The van der Waals surface area contributed by atoms with Crippen molar-refractivity contribution in [1.82, 2.24) is 0 Å². The number of fused-ring (bicyclic) bond motifs is 2. The summed E-state index contributed by atoms with van der Waals surface area (Å²) in [6.45, 7) is 5.77. The second kappa shape index (κ2) is 8.01. The maximum atomic E-state index is 12.7. The molecule has 0 fully saturated rings. The quantitative estimate of drug-likeness (QED) is 0.636. The van der Waals surface area contributed by atoms with Gasteiger partial charge in [-0.15, -0.1) is 0 Å². The second-order valence-electron chi connectivity index (χ2n) is 7.23. The summed E-state index contributed by atoms with van der Waals surface area (Å²) in [6.07, 6.45) is -0.281. The van der Waals surface area contributed by atoms with E-state index >= 15 is 0 Å². The van der Waals surface area contributed by atoms with Crippen LogP contribution in [0.3, 0.4) is 0 Å². The number of halogens is 1. The van der Waals surface area contributed by atoms with Gasteiger partial charge in [0, 0.05) is 11.1 Å². The summed E-state index contributed by atoms with van der Waals surface area (Å²) < 4.78 is 17.3. The lowest BCUT2D eigenvalue weighted by atomic mass is 9.96. The predicted molar refractivity (Wildman–Crippen MR) is 107 cm³/mol. The van der Waals surface area contributed by atoms with Gasteiger partial charge in [0.1, 0.15) is 23.7 Å². The van der Waals surface area contributed by atoms with Crippen molar-refractivity contribution >= 4 is 21.9 Å². The normalized spacial score (nSPS) is 14.3. The first-order valence-corrected chi connectivity index (χ1v) is 9.78. The average molecular weight is 451 g/mol. The number of benzene rings is 2. The van der Waals surface area contributed by atoms with Crippen molar-refractivity contribution in [3.05, 3.63) is 44.9 Å². The fourth-order valence-electron chi connectivity index (χ4n) is 3.29. The van der Waals surface area contributed by atoms with E-state index in [-0.39, 0.29) is 41.1 Å². The van der Waals surface area contributed by atoms with Crippen LogP contribution in [0.1, 0.15) is 53.4 Å². The third-order valence-electron chi connectivity index (χ3n) is 4.63. The Balaban J connectivity index is 2.16. The van der Waals surface area contributed by atoms with Crippen molar-refractivity contribution < 1.29 is 29.2 Å². The molecule has 0 unspecified atom stereocenters. The maximum Gasteiger partial charge on any atom is 0.346 e. The van der Waals surface area contributed by atoms with Crippen LogP contribution >= 0.6 is 15.9 Å². The van der Waals surface area contributed by atoms with Gasteiger partial charge in [0.05, 0.1) is 17.7 Å². The van der Waals surface area contributed by atoms with Crippen LogP contribution in [0.25, 0.3) is 0 Å². The monoisotopic (exact) mass is 450 g/mol. The van der Waals surface area contributed by atoms with E-state index in [2.05, 4.69) is 15.9 Å². The van der Waals surface area contributed by atoms with Gasteiger partial charge < -0.3 is 24.4 Å². The zero-order valence-electron chi connectivity index (χ0n) is 16.2. The molecule has 0 aliphatic carbocycles. The topological polar surface area (TPSA) is 85.2 Å². The molecule has 7 heteroatoms. The molecule has 6 nitrogen and oxygen atoms in total. The van der Waals surface area contributed by atoms with Gasteiger partial charge in [0.25, 0.3) is 0 Å². The number of methoxy groups -OCH3 is 1. The first-order valence-electron chi connectivity index (χ1n) is 8.99. The summed E-state index contributed by atoms with van der Waals surface area (Å²) in [5.74, 6) is 0.190. The lowest BCUT2D eigenvalue weighted by Gasteiger charge is -2.24. The van der Waals surface area contributed by atoms with E-state index < -0.39 is 12.1 Å². The molecule has 1 aliphatic heterocycles. The van der Waals surface area contributed by atoms with Gasteiger partial charge in [0.2, 0.25) is 0 Å². The zero-order valence-corrected chi connectivity index (χ0v) is 17.8. The van der Waals surface area contributed by atoms with Crippen molar-refractivity contribution in [3.63, 3.8) is 0 Å². The molecule has 28 heavy (non-hydrogen) atoms. The molecular weight excluding hydrogens is 428 g/mol. The molecule has 150 valence electrons. The van der Waals surface area contributed by atoms with Crippen LogP contribution in [0.15, 0.2) is 22.7 Å². The van der Waals surface area contributed by atoms with Crippen LogP contribution in [-0.4, -0.2) is 23.3 Å². The van der Waals surface area contributed by atoms with E-state index in [0.29, 0.717) is 22.0 Å². The van der Waals surface area contributed by atoms with Gasteiger partial charge in [-0.25, -0.2) is 4.79 Å². The molecular formula is C21H23BrO6. The molecule has 0 amide bonds. The minimum Gasteiger partial charge on any atom is -0.503 e. The predicted octanol–water partition coefficient (Wildman–Crippen LogP) is 5.01. The standard InChI is InChI=1S/C21H23BrO6/c1-10(2)7-14(23)13-5-6-15-16(20(13)26-4)21(25)27-9-12-8-11(3)17(22)18(24)19(12)28-15/h5-6,8,10,14,23-24H,7,9H2,1-4H3/t14-/m0/s1. The van der Waals surface area contributed by atoms with Gasteiger partial charge >= 0.3 is 5.97 Å².